The Balaban J connectivity index is 1.85. The molecule has 0 bridgehead atoms. The number of phenolic OH excluding ortho intramolecular Hbond substituents is 1. The Hall–Kier alpha value is -2.81. The van der Waals surface area contributed by atoms with Crippen molar-refractivity contribution < 1.29 is 14.6 Å². The standard InChI is InChI=1S/C20H18O3/c1-23-20(22)19-16(7-4-8-18(19)21)12-10-14-9-11-15-5-2-3-6-17(15)13-14/h2-9,11,13,21H,10,12H2,1H3. The summed E-state index contributed by atoms with van der Waals surface area (Å²) in [5.41, 5.74) is 2.25. The first-order valence-electron chi connectivity index (χ1n) is 7.56. The maximum atomic E-state index is 11.9. The molecule has 0 fully saturated rings. The molecule has 3 nitrogen and oxygen atoms in total. The second-order valence-electron chi connectivity index (χ2n) is 5.48. The van der Waals surface area contributed by atoms with E-state index in [1.54, 1.807) is 6.07 Å². The summed E-state index contributed by atoms with van der Waals surface area (Å²) in [5, 5.41) is 12.3. The lowest BCUT2D eigenvalue weighted by Gasteiger charge is -2.10. The molecule has 0 aliphatic heterocycles. The normalized spacial score (nSPS) is 10.7. The molecule has 0 aromatic heterocycles. The van der Waals surface area contributed by atoms with Gasteiger partial charge in [-0.15, -0.1) is 0 Å². The first-order chi connectivity index (χ1) is 11.2. The van der Waals surface area contributed by atoms with Gasteiger partial charge in [0.25, 0.3) is 0 Å². The van der Waals surface area contributed by atoms with E-state index in [1.807, 2.05) is 18.2 Å². The van der Waals surface area contributed by atoms with Gasteiger partial charge in [0.05, 0.1) is 7.11 Å². The van der Waals surface area contributed by atoms with Gasteiger partial charge in [-0.3, -0.25) is 0 Å². The predicted octanol–water partition coefficient (Wildman–Crippen LogP) is 4.12. The van der Waals surface area contributed by atoms with E-state index in [1.165, 1.54) is 29.5 Å². The van der Waals surface area contributed by atoms with Crippen molar-refractivity contribution in [2.75, 3.05) is 7.11 Å². The van der Waals surface area contributed by atoms with Gasteiger partial charge >= 0.3 is 5.97 Å². The Labute approximate surface area is 135 Å². The molecule has 116 valence electrons. The molecule has 0 atom stereocenters. The molecular weight excluding hydrogens is 288 g/mol. The van der Waals surface area contributed by atoms with E-state index in [2.05, 4.69) is 30.3 Å². The molecule has 3 aromatic rings. The third-order valence-corrected chi connectivity index (χ3v) is 4.02. The van der Waals surface area contributed by atoms with Crippen LogP contribution >= 0.6 is 0 Å². The number of benzene rings is 3. The van der Waals surface area contributed by atoms with Gasteiger partial charge in [0.1, 0.15) is 11.3 Å². The molecule has 0 spiro atoms. The zero-order valence-corrected chi connectivity index (χ0v) is 13.0. The number of ether oxygens (including phenoxy) is 1. The summed E-state index contributed by atoms with van der Waals surface area (Å²) in [6.45, 7) is 0. The topological polar surface area (TPSA) is 46.5 Å². The SMILES string of the molecule is COC(=O)c1c(O)cccc1CCc1ccc2ccccc2c1. The van der Waals surface area contributed by atoms with Crippen LogP contribution < -0.4 is 0 Å². The zero-order chi connectivity index (χ0) is 16.2. The highest BCUT2D eigenvalue weighted by atomic mass is 16.5. The number of rotatable bonds is 4. The minimum absolute atomic E-state index is 0.0344. The van der Waals surface area contributed by atoms with Crippen molar-refractivity contribution in [3.63, 3.8) is 0 Å². The smallest absolute Gasteiger partial charge is 0.341 e. The second-order valence-corrected chi connectivity index (χ2v) is 5.48. The summed E-state index contributed by atoms with van der Waals surface area (Å²) in [7, 11) is 1.32. The van der Waals surface area contributed by atoms with Crippen LogP contribution in [0.4, 0.5) is 0 Å². The van der Waals surface area contributed by atoms with E-state index >= 15 is 0 Å². The van der Waals surface area contributed by atoms with Crippen molar-refractivity contribution in [3.05, 3.63) is 77.4 Å². The van der Waals surface area contributed by atoms with Crippen molar-refractivity contribution >= 4 is 16.7 Å². The van der Waals surface area contributed by atoms with E-state index in [9.17, 15) is 9.90 Å². The fraction of sp³-hybridized carbons (Fsp3) is 0.150. The number of hydrogen-bond donors (Lipinski definition) is 1. The first-order valence-corrected chi connectivity index (χ1v) is 7.56. The van der Waals surface area contributed by atoms with Gasteiger partial charge in [-0.25, -0.2) is 4.79 Å². The minimum Gasteiger partial charge on any atom is -0.507 e. The number of aryl methyl sites for hydroxylation is 2. The second kappa shape index (κ2) is 6.53. The highest BCUT2D eigenvalue weighted by Gasteiger charge is 2.16. The zero-order valence-electron chi connectivity index (χ0n) is 13.0. The maximum Gasteiger partial charge on any atom is 0.341 e. The molecule has 0 unspecified atom stereocenters. The summed E-state index contributed by atoms with van der Waals surface area (Å²) in [4.78, 5) is 11.9. The molecule has 3 aromatic carbocycles. The molecule has 0 amide bonds. The monoisotopic (exact) mass is 306 g/mol. The van der Waals surface area contributed by atoms with Crippen molar-refractivity contribution in [2.45, 2.75) is 12.8 Å². The Bertz CT molecular complexity index is 852. The fourth-order valence-electron chi connectivity index (χ4n) is 2.81. The van der Waals surface area contributed by atoms with Crippen LogP contribution in [0, 0.1) is 0 Å². The van der Waals surface area contributed by atoms with E-state index in [4.69, 9.17) is 4.74 Å². The predicted molar refractivity (Wildman–Crippen MR) is 90.8 cm³/mol. The largest absolute Gasteiger partial charge is 0.507 e. The number of aromatic hydroxyl groups is 1. The lowest BCUT2D eigenvalue weighted by Crippen LogP contribution is -2.07. The summed E-state index contributed by atoms with van der Waals surface area (Å²) >= 11 is 0. The van der Waals surface area contributed by atoms with Gasteiger partial charge < -0.3 is 9.84 Å². The van der Waals surface area contributed by atoms with Gasteiger partial charge in [0.15, 0.2) is 0 Å². The number of esters is 1. The van der Waals surface area contributed by atoms with Crippen LogP contribution in [-0.4, -0.2) is 18.2 Å². The molecule has 23 heavy (non-hydrogen) atoms. The number of phenols is 1. The first kappa shape index (κ1) is 15.1. The number of methoxy groups -OCH3 is 1. The van der Waals surface area contributed by atoms with E-state index in [0.29, 0.717) is 6.42 Å². The van der Waals surface area contributed by atoms with Crippen LogP contribution in [0.3, 0.4) is 0 Å². The number of hydrogen-bond acceptors (Lipinski definition) is 3. The minimum atomic E-state index is -0.503. The van der Waals surface area contributed by atoms with Crippen molar-refractivity contribution in [2.24, 2.45) is 0 Å². The van der Waals surface area contributed by atoms with Gasteiger partial charge in [0.2, 0.25) is 0 Å². The Morgan fingerprint density at radius 1 is 0.957 bits per heavy atom. The summed E-state index contributed by atoms with van der Waals surface area (Å²) in [6.07, 6.45) is 1.45. The summed E-state index contributed by atoms with van der Waals surface area (Å²) in [5.74, 6) is -0.538. The fourth-order valence-corrected chi connectivity index (χ4v) is 2.81. The van der Waals surface area contributed by atoms with Crippen molar-refractivity contribution in [1.29, 1.82) is 0 Å². The van der Waals surface area contributed by atoms with Crippen molar-refractivity contribution in [1.82, 2.24) is 0 Å². The van der Waals surface area contributed by atoms with Gasteiger partial charge in [-0.2, -0.15) is 0 Å². The van der Waals surface area contributed by atoms with Crippen LogP contribution in [-0.2, 0) is 17.6 Å². The van der Waals surface area contributed by atoms with Crippen LogP contribution in [0.15, 0.2) is 60.7 Å². The molecule has 0 radical (unpaired) electrons. The molecule has 1 N–H and O–H groups in total. The molecule has 0 saturated heterocycles. The van der Waals surface area contributed by atoms with Gasteiger partial charge in [0, 0.05) is 0 Å². The number of carbonyl (C=O) groups is 1. The quantitative estimate of drug-likeness (QED) is 0.738. The average Bonchev–Trinajstić information content (AvgIpc) is 2.59. The summed E-state index contributed by atoms with van der Waals surface area (Å²) < 4.78 is 4.77. The van der Waals surface area contributed by atoms with E-state index in [-0.39, 0.29) is 11.3 Å². The lowest BCUT2D eigenvalue weighted by molar-refractivity contribution is 0.0596. The van der Waals surface area contributed by atoms with Gasteiger partial charge in [-0.05, 0) is 40.8 Å². The van der Waals surface area contributed by atoms with Crippen LogP contribution in [0.2, 0.25) is 0 Å². The third-order valence-electron chi connectivity index (χ3n) is 4.02. The van der Waals surface area contributed by atoms with Crippen LogP contribution in [0.1, 0.15) is 21.5 Å². The lowest BCUT2D eigenvalue weighted by atomic mass is 9.97. The molecule has 3 heteroatoms. The summed E-state index contributed by atoms with van der Waals surface area (Å²) in [6, 6.07) is 19.7. The van der Waals surface area contributed by atoms with Crippen LogP contribution in [0.5, 0.6) is 5.75 Å². The number of fused-ring (bicyclic) bond motifs is 1. The number of carbonyl (C=O) groups excluding carboxylic acids is 1. The van der Waals surface area contributed by atoms with E-state index < -0.39 is 5.97 Å². The molecule has 3 rings (SSSR count). The molecule has 0 saturated carbocycles. The Morgan fingerprint density at radius 3 is 2.52 bits per heavy atom. The van der Waals surface area contributed by atoms with E-state index in [0.717, 1.165) is 12.0 Å². The van der Waals surface area contributed by atoms with Gasteiger partial charge in [-0.1, -0.05) is 54.6 Å². The highest BCUT2D eigenvalue weighted by Crippen LogP contribution is 2.24. The molecular formula is C20H18O3. The molecule has 0 aliphatic carbocycles. The maximum absolute atomic E-state index is 11.9. The molecule has 0 heterocycles. The van der Waals surface area contributed by atoms with Crippen molar-refractivity contribution in [3.8, 4) is 5.75 Å². The Morgan fingerprint density at radius 2 is 1.74 bits per heavy atom. The average molecular weight is 306 g/mol. The highest BCUT2D eigenvalue weighted by molar-refractivity contribution is 5.94. The Kier molecular flexibility index (Phi) is 4.29. The van der Waals surface area contributed by atoms with Crippen LogP contribution in [0.25, 0.3) is 10.8 Å². The molecule has 0 aliphatic rings. The third kappa shape index (κ3) is 3.19.